The topological polar surface area (TPSA) is 53.9 Å². The number of piperazine rings is 1. The third kappa shape index (κ3) is 5.64. The average molecular weight is 399 g/mol. The Morgan fingerprint density at radius 3 is 2.24 bits per heavy atom. The van der Waals surface area contributed by atoms with E-state index in [1.807, 2.05) is 36.9 Å². The molecule has 0 saturated carbocycles. The molecule has 1 aliphatic heterocycles. The zero-order valence-corrected chi connectivity index (χ0v) is 17.0. The van der Waals surface area contributed by atoms with Crippen molar-refractivity contribution in [3.63, 3.8) is 0 Å². The third-order valence-corrected chi connectivity index (χ3v) is 5.40. The molecule has 2 aromatic carbocycles. The first-order valence-electron chi connectivity index (χ1n) is 10.2. The lowest BCUT2D eigenvalue weighted by Crippen LogP contribution is -3.13. The lowest BCUT2D eigenvalue weighted by molar-refractivity contribution is -0.917. The van der Waals surface area contributed by atoms with Crippen LogP contribution >= 0.6 is 0 Å². The average Bonchev–Trinajstić information content (AvgIpc) is 2.73. The lowest BCUT2D eigenvalue weighted by Gasteiger charge is -2.35. The number of carbonyl (C=O) groups is 2. The summed E-state index contributed by atoms with van der Waals surface area (Å²) in [6.07, 6.45) is 0. The number of quaternary nitrogens is 1. The molecule has 1 saturated heterocycles. The molecule has 1 atom stereocenters. The van der Waals surface area contributed by atoms with Crippen LogP contribution < -0.4 is 10.2 Å². The van der Waals surface area contributed by atoms with Gasteiger partial charge in [-0.25, -0.2) is 4.39 Å². The molecule has 6 heteroatoms. The van der Waals surface area contributed by atoms with Gasteiger partial charge in [-0.1, -0.05) is 44.2 Å². The van der Waals surface area contributed by atoms with Crippen LogP contribution in [0.2, 0.25) is 0 Å². The van der Waals surface area contributed by atoms with E-state index in [2.05, 4.69) is 17.4 Å². The maximum absolute atomic E-state index is 13.1. The fourth-order valence-corrected chi connectivity index (χ4v) is 3.64. The lowest BCUT2D eigenvalue weighted by atomic mass is 10.0. The minimum Gasteiger partial charge on any atom is -0.340 e. The number of nitrogens with one attached hydrogen (secondary N) is 2. The first kappa shape index (κ1) is 21.0. The van der Waals surface area contributed by atoms with E-state index < -0.39 is 11.9 Å². The van der Waals surface area contributed by atoms with Crippen molar-refractivity contribution in [2.45, 2.75) is 26.4 Å². The molecule has 1 heterocycles. The highest BCUT2D eigenvalue weighted by Crippen LogP contribution is 2.10. The molecular weight excluding hydrogens is 369 g/mol. The molecule has 2 amide bonds. The minimum absolute atomic E-state index is 0.0402. The number of nitrogens with zero attached hydrogens (tertiary/aromatic N) is 1. The zero-order valence-electron chi connectivity index (χ0n) is 17.0. The van der Waals surface area contributed by atoms with Gasteiger partial charge in [0.05, 0.1) is 26.2 Å². The first-order valence-corrected chi connectivity index (χ1v) is 10.2. The van der Waals surface area contributed by atoms with Crippen LogP contribution in [0, 0.1) is 11.7 Å². The number of amides is 2. The molecule has 0 aliphatic carbocycles. The highest BCUT2D eigenvalue weighted by molar-refractivity contribution is 5.97. The molecule has 0 aromatic heterocycles. The number of rotatable bonds is 6. The Morgan fingerprint density at radius 2 is 1.66 bits per heavy atom. The van der Waals surface area contributed by atoms with Crippen LogP contribution in [0.15, 0.2) is 54.6 Å². The summed E-state index contributed by atoms with van der Waals surface area (Å²) in [4.78, 5) is 28.9. The molecule has 3 rings (SSSR count). The van der Waals surface area contributed by atoms with Crippen molar-refractivity contribution in [2.75, 3.05) is 26.2 Å². The Kier molecular flexibility index (Phi) is 6.99. The van der Waals surface area contributed by atoms with Gasteiger partial charge in [-0.05, 0) is 30.2 Å². The Balaban J connectivity index is 1.57. The van der Waals surface area contributed by atoms with Crippen LogP contribution in [0.5, 0.6) is 0 Å². The maximum atomic E-state index is 13.1. The van der Waals surface area contributed by atoms with E-state index in [1.54, 1.807) is 0 Å². The number of halogens is 1. The molecule has 2 aromatic rings. The fourth-order valence-electron chi connectivity index (χ4n) is 3.64. The van der Waals surface area contributed by atoms with Gasteiger partial charge in [-0.2, -0.15) is 0 Å². The van der Waals surface area contributed by atoms with Crippen LogP contribution in [0.3, 0.4) is 0 Å². The SMILES string of the molecule is CC(C)[C@@H](NC(=O)c1ccc(F)cc1)C(=O)N1CC[NH+](Cc2ccccc2)CC1. The quantitative estimate of drug-likeness (QED) is 0.775. The summed E-state index contributed by atoms with van der Waals surface area (Å²) in [5.74, 6) is -0.838. The Morgan fingerprint density at radius 1 is 1.03 bits per heavy atom. The van der Waals surface area contributed by atoms with Crippen molar-refractivity contribution in [1.82, 2.24) is 10.2 Å². The smallest absolute Gasteiger partial charge is 0.251 e. The Bertz CT molecular complexity index is 816. The number of hydrogen-bond acceptors (Lipinski definition) is 2. The van der Waals surface area contributed by atoms with Gasteiger partial charge < -0.3 is 15.1 Å². The summed E-state index contributed by atoms with van der Waals surface area (Å²) >= 11 is 0. The van der Waals surface area contributed by atoms with Gasteiger partial charge in [0.25, 0.3) is 5.91 Å². The number of benzene rings is 2. The van der Waals surface area contributed by atoms with Crippen LogP contribution in [-0.4, -0.2) is 48.9 Å². The molecule has 0 unspecified atom stereocenters. The summed E-state index contributed by atoms with van der Waals surface area (Å²) < 4.78 is 13.1. The molecule has 0 spiro atoms. The van der Waals surface area contributed by atoms with Crippen molar-refractivity contribution in [3.8, 4) is 0 Å². The Hall–Kier alpha value is -2.73. The van der Waals surface area contributed by atoms with Gasteiger partial charge in [-0.3, -0.25) is 9.59 Å². The summed E-state index contributed by atoms with van der Waals surface area (Å²) in [7, 11) is 0. The summed E-state index contributed by atoms with van der Waals surface area (Å²) in [6, 6.07) is 15.1. The molecule has 1 fully saturated rings. The van der Waals surface area contributed by atoms with Gasteiger partial charge in [0.2, 0.25) is 5.91 Å². The number of hydrogen-bond donors (Lipinski definition) is 2. The molecule has 0 radical (unpaired) electrons. The van der Waals surface area contributed by atoms with E-state index in [0.717, 1.165) is 19.6 Å². The minimum atomic E-state index is -0.594. The van der Waals surface area contributed by atoms with E-state index in [-0.39, 0.29) is 17.7 Å². The van der Waals surface area contributed by atoms with Gasteiger partial charge in [0.1, 0.15) is 18.4 Å². The molecule has 29 heavy (non-hydrogen) atoms. The molecule has 1 aliphatic rings. The van der Waals surface area contributed by atoms with Crippen LogP contribution in [0.25, 0.3) is 0 Å². The summed E-state index contributed by atoms with van der Waals surface area (Å²) in [6.45, 7) is 7.93. The molecule has 2 N–H and O–H groups in total. The van der Waals surface area contributed by atoms with Gasteiger partial charge in [0, 0.05) is 11.1 Å². The molecule has 0 bridgehead atoms. The monoisotopic (exact) mass is 398 g/mol. The predicted octanol–water partition coefficient (Wildman–Crippen LogP) is 1.51. The maximum Gasteiger partial charge on any atom is 0.251 e. The van der Waals surface area contributed by atoms with Crippen molar-refractivity contribution < 1.29 is 18.9 Å². The highest BCUT2D eigenvalue weighted by atomic mass is 19.1. The largest absolute Gasteiger partial charge is 0.340 e. The van der Waals surface area contributed by atoms with Crippen molar-refractivity contribution in [3.05, 3.63) is 71.5 Å². The van der Waals surface area contributed by atoms with Crippen molar-refractivity contribution >= 4 is 11.8 Å². The Labute approximate surface area is 171 Å². The van der Waals surface area contributed by atoms with Gasteiger partial charge in [-0.15, -0.1) is 0 Å². The van der Waals surface area contributed by atoms with Crippen LogP contribution in [0.1, 0.15) is 29.8 Å². The van der Waals surface area contributed by atoms with Gasteiger partial charge >= 0.3 is 0 Å². The summed E-state index contributed by atoms with van der Waals surface area (Å²) in [5.41, 5.74) is 1.65. The van der Waals surface area contributed by atoms with Crippen molar-refractivity contribution in [1.29, 1.82) is 0 Å². The first-order chi connectivity index (χ1) is 13.9. The third-order valence-electron chi connectivity index (χ3n) is 5.40. The van der Waals surface area contributed by atoms with Gasteiger partial charge in [0.15, 0.2) is 0 Å². The summed E-state index contributed by atoms with van der Waals surface area (Å²) in [5, 5.41) is 2.84. The second kappa shape index (κ2) is 9.65. The van der Waals surface area contributed by atoms with E-state index in [9.17, 15) is 14.0 Å². The van der Waals surface area contributed by atoms with E-state index >= 15 is 0 Å². The van der Waals surface area contributed by atoms with Crippen LogP contribution in [0.4, 0.5) is 4.39 Å². The zero-order chi connectivity index (χ0) is 20.8. The fraction of sp³-hybridized carbons (Fsp3) is 0.391. The van der Waals surface area contributed by atoms with Crippen LogP contribution in [-0.2, 0) is 11.3 Å². The predicted molar refractivity (Wildman–Crippen MR) is 110 cm³/mol. The molecular formula is C23H29FN3O2+. The molecule has 154 valence electrons. The van der Waals surface area contributed by atoms with E-state index in [0.29, 0.717) is 18.7 Å². The van der Waals surface area contributed by atoms with E-state index in [1.165, 1.54) is 34.7 Å². The second-order valence-electron chi connectivity index (χ2n) is 7.94. The van der Waals surface area contributed by atoms with Crippen molar-refractivity contribution in [2.24, 2.45) is 5.92 Å². The normalized spacial score (nSPS) is 15.9. The second-order valence-corrected chi connectivity index (χ2v) is 7.94. The number of carbonyl (C=O) groups excluding carboxylic acids is 2. The van der Waals surface area contributed by atoms with E-state index in [4.69, 9.17) is 0 Å². The standard InChI is InChI=1S/C23H28FN3O2/c1-17(2)21(25-22(28)19-8-10-20(24)11-9-19)23(29)27-14-12-26(13-15-27)16-18-6-4-3-5-7-18/h3-11,17,21H,12-16H2,1-2H3,(H,25,28)/p+1/t21-/m1/s1. The highest BCUT2D eigenvalue weighted by Gasteiger charge is 2.32. The molecule has 5 nitrogen and oxygen atoms in total.